The molecule has 2 aromatic rings. The molecule has 0 saturated heterocycles. The zero-order valence-electron chi connectivity index (χ0n) is 11.2. The second kappa shape index (κ2) is 5.75. The first kappa shape index (κ1) is 13.3. The minimum absolute atomic E-state index is 0.0174. The topological polar surface area (TPSA) is 52.5 Å². The lowest BCUT2D eigenvalue weighted by Crippen LogP contribution is -2.37. The lowest BCUT2D eigenvalue weighted by Gasteiger charge is -2.24. The number of fused-ring (bicyclic) bond motifs is 1. The van der Waals surface area contributed by atoms with E-state index in [1.807, 2.05) is 48.5 Å². The first-order chi connectivity index (χ1) is 9.79. The third-order valence-electron chi connectivity index (χ3n) is 3.99. The first-order valence-electron chi connectivity index (χ1n) is 6.97. The number of nitrogens with one attached hydrogen (secondary N) is 1. The van der Waals surface area contributed by atoms with E-state index in [0.29, 0.717) is 0 Å². The van der Waals surface area contributed by atoms with Crippen molar-refractivity contribution in [1.29, 1.82) is 0 Å². The molecule has 3 nitrogen and oxygen atoms in total. The Bertz CT molecular complexity index is 570. The summed E-state index contributed by atoms with van der Waals surface area (Å²) >= 11 is 0. The van der Waals surface area contributed by atoms with Crippen molar-refractivity contribution in [2.24, 2.45) is 0 Å². The zero-order chi connectivity index (χ0) is 13.9. The second-order valence-corrected chi connectivity index (χ2v) is 5.27. The van der Waals surface area contributed by atoms with Crippen LogP contribution in [-0.4, -0.2) is 22.9 Å². The highest BCUT2D eigenvalue weighted by molar-refractivity contribution is 5.36. The largest absolute Gasteiger partial charge is 0.394 e. The van der Waals surface area contributed by atoms with Gasteiger partial charge in [0.1, 0.15) is 0 Å². The van der Waals surface area contributed by atoms with Crippen molar-refractivity contribution in [3.8, 4) is 0 Å². The van der Waals surface area contributed by atoms with Gasteiger partial charge in [-0.2, -0.15) is 0 Å². The monoisotopic (exact) mass is 269 g/mol. The summed E-state index contributed by atoms with van der Waals surface area (Å²) < 4.78 is 0. The average Bonchev–Trinajstić information content (AvgIpc) is 2.82. The summed E-state index contributed by atoms with van der Waals surface area (Å²) in [6.45, 7) is 0.0174. The fourth-order valence-corrected chi connectivity index (χ4v) is 2.92. The Morgan fingerprint density at radius 3 is 2.45 bits per heavy atom. The number of benzene rings is 2. The van der Waals surface area contributed by atoms with Gasteiger partial charge in [-0.15, -0.1) is 0 Å². The molecule has 1 aliphatic carbocycles. The fraction of sp³-hybridized carbons (Fsp3) is 0.294. The lowest BCUT2D eigenvalue weighted by atomic mass is 10.0. The Morgan fingerprint density at radius 2 is 1.75 bits per heavy atom. The van der Waals surface area contributed by atoms with E-state index in [9.17, 15) is 10.2 Å². The predicted molar refractivity (Wildman–Crippen MR) is 78.3 cm³/mol. The summed E-state index contributed by atoms with van der Waals surface area (Å²) in [6, 6.07) is 17.6. The van der Waals surface area contributed by atoms with Gasteiger partial charge in [0.25, 0.3) is 0 Å². The van der Waals surface area contributed by atoms with Crippen LogP contribution >= 0.6 is 0 Å². The Labute approximate surface area is 118 Å². The molecule has 3 rings (SSSR count). The number of hydrogen-bond donors (Lipinski definition) is 3. The van der Waals surface area contributed by atoms with E-state index in [4.69, 9.17) is 0 Å². The van der Waals surface area contributed by atoms with Crippen LogP contribution in [0.3, 0.4) is 0 Å². The molecule has 0 radical (unpaired) electrons. The zero-order valence-corrected chi connectivity index (χ0v) is 11.2. The molecule has 0 amide bonds. The Hall–Kier alpha value is -1.68. The lowest BCUT2D eigenvalue weighted by molar-refractivity contribution is 0.124. The quantitative estimate of drug-likeness (QED) is 0.795. The maximum absolute atomic E-state index is 10.4. The van der Waals surface area contributed by atoms with Gasteiger partial charge >= 0.3 is 0 Å². The molecule has 0 bridgehead atoms. The molecule has 0 aromatic heterocycles. The molecule has 1 aliphatic rings. The maximum atomic E-state index is 10.4. The number of aliphatic hydroxyl groups is 2. The van der Waals surface area contributed by atoms with Crippen molar-refractivity contribution in [2.45, 2.75) is 24.6 Å². The van der Waals surface area contributed by atoms with Crippen LogP contribution in [0.5, 0.6) is 0 Å². The smallest absolute Gasteiger partial charge is 0.0949 e. The summed E-state index contributed by atoms with van der Waals surface area (Å²) in [5.41, 5.74) is 3.22. The Balaban J connectivity index is 1.76. The van der Waals surface area contributed by atoms with Gasteiger partial charge in [-0.05, 0) is 23.1 Å². The maximum Gasteiger partial charge on any atom is 0.0949 e. The minimum Gasteiger partial charge on any atom is -0.394 e. The van der Waals surface area contributed by atoms with Gasteiger partial charge in [-0.1, -0.05) is 54.6 Å². The molecule has 0 spiro atoms. The van der Waals surface area contributed by atoms with Crippen LogP contribution in [0.2, 0.25) is 0 Å². The van der Waals surface area contributed by atoms with Gasteiger partial charge in [0.05, 0.1) is 18.8 Å². The summed E-state index contributed by atoms with van der Waals surface area (Å²) in [6.07, 6.45) is 0.282. The number of rotatable bonds is 4. The molecule has 0 fully saturated rings. The highest BCUT2D eigenvalue weighted by Crippen LogP contribution is 2.32. The van der Waals surface area contributed by atoms with Crippen molar-refractivity contribution in [2.75, 3.05) is 6.61 Å². The van der Waals surface area contributed by atoms with Crippen molar-refractivity contribution < 1.29 is 10.2 Å². The molecule has 3 atom stereocenters. The molecule has 3 N–H and O–H groups in total. The molecule has 20 heavy (non-hydrogen) atoms. The van der Waals surface area contributed by atoms with Gasteiger partial charge < -0.3 is 15.5 Å². The van der Waals surface area contributed by atoms with Gasteiger partial charge in [0.15, 0.2) is 0 Å². The summed E-state index contributed by atoms with van der Waals surface area (Å²) in [5, 5.41) is 23.4. The third kappa shape index (κ3) is 2.48. The molecule has 104 valence electrons. The van der Waals surface area contributed by atoms with Crippen LogP contribution in [0.4, 0.5) is 0 Å². The summed E-state index contributed by atoms with van der Waals surface area (Å²) in [7, 11) is 0. The molecule has 0 saturated carbocycles. The second-order valence-electron chi connectivity index (χ2n) is 5.27. The van der Waals surface area contributed by atoms with E-state index in [-0.39, 0.29) is 18.7 Å². The van der Waals surface area contributed by atoms with Crippen LogP contribution in [0.1, 0.15) is 28.8 Å². The van der Waals surface area contributed by atoms with E-state index in [0.717, 1.165) is 17.5 Å². The molecule has 0 unspecified atom stereocenters. The van der Waals surface area contributed by atoms with Crippen molar-refractivity contribution >= 4 is 0 Å². The van der Waals surface area contributed by atoms with Crippen molar-refractivity contribution in [1.82, 2.24) is 5.32 Å². The van der Waals surface area contributed by atoms with Crippen molar-refractivity contribution in [3.63, 3.8) is 0 Å². The van der Waals surface area contributed by atoms with Gasteiger partial charge in [0.2, 0.25) is 0 Å². The summed E-state index contributed by atoms with van der Waals surface area (Å²) in [5.74, 6) is 0. The molecular formula is C17H19NO2. The van der Waals surface area contributed by atoms with Gasteiger partial charge in [-0.3, -0.25) is 0 Å². The fourth-order valence-electron chi connectivity index (χ4n) is 2.92. The van der Waals surface area contributed by atoms with E-state index in [1.54, 1.807) is 0 Å². The van der Waals surface area contributed by atoms with Gasteiger partial charge in [0, 0.05) is 6.04 Å². The third-order valence-corrected chi connectivity index (χ3v) is 3.99. The minimum atomic E-state index is -0.510. The summed E-state index contributed by atoms with van der Waals surface area (Å²) in [4.78, 5) is 0. The normalized spacial score (nSPS) is 22.5. The van der Waals surface area contributed by atoms with E-state index in [2.05, 4.69) is 11.4 Å². The van der Waals surface area contributed by atoms with Crippen LogP contribution in [0.15, 0.2) is 54.6 Å². The highest BCUT2D eigenvalue weighted by Gasteiger charge is 2.32. The molecule has 0 heterocycles. The van der Waals surface area contributed by atoms with E-state index in [1.165, 1.54) is 5.56 Å². The van der Waals surface area contributed by atoms with E-state index >= 15 is 0 Å². The highest BCUT2D eigenvalue weighted by atomic mass is 16.3. The van der Waals surface area contributed by atoms with Crippen molar-refractivity contribution in [3.05, 3.63) is 71.3 Å². The van der Waals surface area contributed by atoms with Gasteiger partial charge in [-0.25, -0.2) is 0 Å². The van der Waals surface area contributed by atoms with Crippen LogP contribution < -0.4 is 5.32 Å². The molecule has 2 aromatic carbocycles. The Kier molecular flexibility index (Phi) is 3.83. The number of hydrogen-bond acceptors (Lipinski definition) is 3. The van der Waals surface area contributed by atoms with Crippen LogP contribution in [0.25, 0.3) is 0 Å². The SMILES string of the molecule is OC[C@H](N[C@@H]1Cc2ccccc2[C@@H]1O)c1ccccc1. The first-order valence-corrected chi connectivity index (χ1v) is 6.97. The van der Waals surface area contributed by atoms with Crippen LogP contribution in [0, 0.1) is 0 Å². The molecule has 0 aliphatic heterocycles. The predicted octanol–water partition coefficient (Wildman–Crippen LogP) is 1.97. The standard InChI is InChI=1S/C17H19NO2/c19-11-16(12-6-2-1-3-7-12)18-15-10-13-8-4-5-9-14(13)17(15)20/h1-9,15-20H,10-11H2/t15-,16+,17+/m1/s1. The molecular weight excluding hydrogens is 250 g/mol. The number of aliphatic hydroxyl groups excluding tert-OH is 2. The molecule has 3 heteroatoms. The van der Waals surface area contributed by atoms with Crippen LogP contribution in [-0.2, 0) is 6.42 Å². The average molecular weight is 269 g/mol. The Morgan fingerprint density at radius 1 is 1.05 bits per heavy atom. The van der Waals surface area contributed by atoms with E-state index < -0.39 is 6.10 Å².